The van der Waals surface area contributed by atoms with Crippen LogP contribution in [0.25, 0.3) is 0 Å². The fourth-order valence-electron chi connectivity index (χ4n) is 9.15. The number of rotatable bonds is 69. The molecule has 0 aliphatic heterocycles. The molecule has 16 nitrogen and oxygen atoms in total. The van der Waals surface area contributed by atoms with Gasteiger partial charge in [-0.1, -0.05) is 267 Å². The predicted molar refractivity (Wildman–Crippen MR) is 417 cm³/mol. The fourth-order valence-corrected chi connectivity index (χ4v) is 10.7. The summed E-state index contributed by atoms with van der Waals surface area (Å²) in [5.41, 5.74) is 0. The minimum atomic E-state index is -4.95. The molecule has 4 N–H and O–H groups in total. The molecule has 0 bridgehead atoms. The summed E-state index contributed by atoms with van der Waals surface area (Å²) >= 11 is 0. The molecular formula is C83H132O16P2. The molecule has 0 amide bonds. The minimum Gasteiger partial charge on any atom is -0.463 e. The van der Waals surface area contributed by atoms with Crippen molar-refractivity contribution in [3.8, 4) is 0 Å². The number of carbonyl (C=O) groups is 3. The summed E-state index contributed by atoms with van der Waals surface area (Å²) in [5.74, 6) is -1.66. The summed E-state index contributed by atoms with van der Waals surface area (Å²) < 4.78 is 61.1. The molecule has 0 aliphatic rings. The summed E-state index contributed by atoms with van der Waals surface area (Å²) in [6.07, 6.45) is 96.0. The van der Waals surface area contributed by atoms with Gasteiger partial charge in [0.25, 0.3) is 0 Å². The average Bonchev–Trinajstić information content (AvgIpc) is 1.05. The van der Waals surface area contributed by atoms with Gasteiger partial charge in [-0.2, -0.15) is 0 Å². The molecule has 101 heavy (non-hydrogen) atoms. The maximum Gasteiger partial charge on any atom is 0.472 e. The fraction of sp³-hybridized carbons (Fsp3) is 0.578. The van der Waals surface area contributed by atoms with Gasteiger partial charge in [0.15, 0.2) is 6.10 Å². The van der Waals surface area contributed by atoms with Crippen LogP contribution in [0.15, 0.2) is 194 Å². The van der Waals surface area contributed by atoms with Crippen LogP contribution in [0.5, 0.6) is 0 Å². The molecule has 0 heterocycles. The Morgan fingerprint density at radius 1 is 0.277 bits per heavy atom. The maximum atomic E-state index is 13.0. The third-order valence-corrected chi connectivity index (χ3v) is 16.7. The zero-order chi connectivity index (χ0) is 73.7. The van der Waals surface area contributed by atoms with Crippen LogP contribution in [0, 0.1) is 0 Å². The summed E-state index contributed by atoms with van der Waals surface area (Å²) in [6.45, 7) is 2.22. The minimum absolute atomic E-state index is 0.0728. The Hall–Kier alpha value is -5.61. The van der Waals surface area contributed by atoms with E-state index in [2.05, 4.69) is 215 Å². The largest absolute Gasteiger partial charge is 0.472 e. The van der Waals surface area contributed by atoms with Crippen molar-refractivity contribution < 1.29 is 75.8 Å². The van der Waals surface area contributed by atoms with E-state index in [0.29, 0.717) is 19.3 Å². The van der Waals surface area contributed by atoms with E-state index in [9.17, 15) is 43.5 Å². The highest BCUT2D eigenvalue weighted by atomic mass is 31.2. The van der Waals surface area contributed by atoms with Crippen molar-refractivity contribution in [1.82, 2.24) is 0 Å². The van der Waals surface area contributed by atoms with Gasteiger partial charge in [-0.3, -0.25) is 32.5 Å². The van der Waals surface area contributed by atoms with Crippen molar-refractivity contribution in [1.29, 1.82) is 0 Å². The van der Waals surface area contributed by atoms with Crippen molar-refractivity contribution in [2.75, 3.05) is 39.6 Å². The number of aliphatic hydroxyl groups excluding tert-OH is 2. The molecule has 5 unspecified atom stereocenters. The van der Waals surface area contributed by atoms with E-state index < -0.39 is 91.5 Å². The number of allylic oxidation sites excluding steroid dienone is 32. The van der Waals surface area contributed by atoms with Crippen LogP contribution in [-0.4, -0.2) is 95.9 Å². The van der Waals surface area contributed by atoms with E-state index in [0.717, 1.165) is 193 Å². The maximum absolute atomic E-state index is 13.0. The van der Waals surface area contributed by atoms with Gasteiger partial charge in [0.05, 0.1) is 26.4 Å². The van der Waals surface area contributed by atoms with Gasteiger partial charge in [0.1, 0.15) is 25.4 Å². The van der Waals surface area contributed by atoms with Crippen molar-refractivity contribution in [3.05, 3.63) is 194 Å². The van der Waals surface area contributed by atoms with E-state index in [4.69, 9.17) is 32.3 Å². The molecule has 18 heteroatoms. The molecular weight excluding hydrogens is 1310 g/mol. The van der Waals surface area contributed by atoms with Crippen LogP contribution in [0.1, 0.15) is 252 Å². The van der Waals surface area contributed by atoms with E-state index in [1.54, 1.807) is 0 Å². The van der Waals surface area contributed by atoms with E-state index in [1.807, 2.05) is 0 Å². The van der Waals surface area contributed by atoms with Crippen molar-refractivity contribution in [2.45, 2.75) is 270 Å². The normalized spacial score (nSPS) is 15.1. The highest BCUT2D eigenvalue weighted by molar-refractivity contribution is 7.47. The first-order valence-corrected chi connectivity index (χ1v) is 40.7. The summed E-state index contributed by atoms with van der Waals surface area (Å²) in [5, 5.41) is 20.6. The second-order valence-electron chi connectivity index (χ2n) is 24.3. The molecule has 0 saturated heterocycles. The van der Waals surface area contributed by atoms with Crippen LogP contribution >= 0.6 is 15.6 Å². The number of unbranched alkanes of at least 4 members (excludes halogenated alkanes) is 14. The third kappa shape index (κ3) is 75.4. The second kappa shape index (κ2) is 74.1. The van der Waals surface area contributed by atoms with Gasteiger partial charge in [-0.05, 0) is 161 Å². The Kier molecular flexibility index (Phi) is 70.0. The molecule has 0 fully saturated rings. The first kappa shape index (κ1) is 95.4. The first-order valence-electron chi connectivity index (χ1n) is 37.7. The Bertz CT molecular complexity index is 2620. The van der Waals surface area contributed by atoms with Gasteiger partial charge in [-0.15, -0.1) is 0 Å². The van der Waals surface area contributed by atoms with E-state index >= 15 is 0 Å². The Morgan fingerprint density at radius 3 is 0.782 bits per heavy atom. The topological polar surface area (TPSA) is 231 Å². The number of phosphoric ester groups is 2. The van der Waals surface area contributed by atoms with Crippen LogP contribution in [0.3, 0.4) is 0 Å². The lowest BCUT2D eigenvalue weighted by Crippen LogP contribution is -2.30. The molecule has 0 spiro atoms. The van der Waals surface area contributed by atoms with Crippen LogP contribution in [0.4, 0.5) is 0 Å². The zero-order valence-corrected chi connectivity index (χ0v) is 63.8. The third-order valence-electron chi connectivity index (χ3n) is 14.8. The summed E-state index contributed by atoms with van der Waals surface area (Å²) in [6, 6.07) is 0. The monoisotopic (exact) mass is 1450 g/mol. The highest BCUT2D eigenvalue weighted by Gasteiger charge is 2.29. The lowest BCUT2D eigenvalue weighted by molar-refractivity contribution is -0.161. The molecule has 5 atom stereocenters. The number of phosphoric acid groups is 2. The number of ether oxygens (including phenoxy) is 3. The van der Waals surface area contributed by atoms with Gasteiger partial charge in [0, 0.05) is 19.3 Å². The van der Waals surface area contributed by atoms with Crippen LogP contribution in [0.2, 0.25) is 0 Å². The van der Waals surface area contributed by atoms with Gasteiger partial charge < -0.3 is 34.2 Å². The molecule has 0 aromatic carbocycles. The van der Waals surface area contributed by atoms with Gasteiger partial charge >= 0.3 is 33.6 Å². The molecule has 0 aromatic rings. The molecule has 0 aliphatic carbocycles. The number of hydrogen-bond acceptors (Lipinski definition) is 14. The highest BCUT2D eigenvalue weighted by Crippen LogP contribution is 2.45. The molecule has 0 aromatic heterocycles. The number of hydrogen-bond donors (Lipinski definition) is 4. The average molecular weight is 1450 g/mol. The van der Waals surface area contributed by atoms with E-state index in [-0.39, 0.29) is 19.3 Å². The number of carbonyl (C=O) groups excluding carboxylic acids is 3. The summed E-state index contributed by atoms with van der Waals surface area (Å²) in [4.78, 5) is 58.6. The zero-order valence-electron chi connectivity index (χ0n) is 62.0. The van der Waals surface area contributed by atoms with Crippen LogP contribution < -0.4 is 0 Å². The molecule has 0 rings (SSSR count). The quantitative estimate of drug-likeness (QED) is 0.0146. The van der Waals surface area contributed by atoms with Crippen LogP contribution in [-0.2, 0) is 55.8 Å². The Balaban J connectivity index is 4.79. The van der Waals surface area contributed by atoms with Crippen molar-refractivity contribution in [3.63, 3.8) is 0 Å². The van der Waals surface area contributed by atoms with Crippen molar-refractivity contribution >= 4 is 33.6 Å². The smallest absolute Gasteiger partial charge is 0.463 e. The van der Waals surface area contributed by atoms with E-state index in [1.165, 1.54) is 0 Å². The second-order valence-corrected chi connectivity index (χ2v) is 27.2. The lowest BCUT2D eigenvalue weighted by Gasteiger charge is -2.21. The molecule has 570 valence electrons. The van der Waals surface area contributed by atoms with Crippen molar-refractivity contribution in [2.24, 2.45) is 0 Å². The van der Waals surface area contributed by atoms with Gasteiger partial charge in [0.2, 0.25) is 0 Å². The summed E-state index contributed by atoms with van der Waals surface area (Å²) in [7, 11) is -9.83. The SMILES string of the molecule is CC/C=C\C/C=C\C/C=C\C/C=C\C/C=C\C/C=C\CCCCCCC(=O)OCC(O)COP(=O)(O)OCC(O)COP(=O)(O)OCC(COC(=O)CCCCCC/C=C\C/C=C\C/C=C\C/C=C\C/C=C\C/C=C\CC)OC(=O)CCCCCCCC/C=C\C/C=C\C/C=C\C/C=C\CC. The first-order chi connectivity index (χ1) is 49.2. The standard InChI is InChI=1S/C83H132O16P2/c1-4-7-10-13-16-19-22-25-28-31-34-36-38-40-43-45-48-51-54-57-60-63-66-69-81(86)93-72-78(84)73-95-100(89,90)96-74-79(85)75-97-101(91,92)98-77-80(99-83(88)71-68-65-62-59-56-53-50-47-42-33-30-27-24-21-18-15-12-9-6-3)76-94-82(87)70-67-64-61-58-55-52-49-46-44-41-39-37-35-32-29-26-23-20-17-14-11-8-5-2/h7-12,16-21,25-30,34-37,40-44,47-49,51-52,78-80,84-85H,4-6,13-15,22-24,31-33,38-39,45-46,50,53-77H2,1-3H3,(H,89,90)(H,91,92)/b10-7-,11-8-,12-9-,19-16-,20-17-,21-18-,28-25-,29-26-,30-27-,36-34-,37-35-,43-40-,44-41-,47-42-,51-48-,52-49-. The Labute approximate surface area is 610 Å². The molecule has 0 radical (unpaired) electrons. The predicted octanol–water partition coefficient (Wildman–Crippen LogP) is 22.0. The lowest BCUT2D eigenvalue weighted by atomic mass is 10.1. The number of esters is 3. The number of aliphatic hydroxyl groups is 2. The molecule has 0 saturated carbocycles. The van der Waals surface area contributed by atoms with Gasteiger partial charge in [-0.25, -0.2) is 9.13 Å². The Morgan fingerprint density at radius 2 is 0.495 bits per heavy atom.